The van der Waals surface area contributed by atoms with E-state index in [0.29, 0.717) is 10.5 Å². The first-order valence-electron chi connectivity index (χ1n) is 10.9. The van der Waals surface area contributed by atoms with Crippen molar-refractivity contribution in [2.75, 3.05) is 4.90 Å². The molecule has 172 valence electrons. The lowest BCUT2D eigenvalue weighted by Crippen LogP contribution is -2.48. The van der Waals surface area contributed by atoms with Crippen molar-refractivity contribution in [3.05, 3.63) is 106 Å². The minimum atomic E-state index is -0.773. The van der Waals surface area contributed by atoms with Crippen LogP contribution < -0.4 is 10.5 Å². The summed E-state index contributed by atoms with van der Waals surface area (Å²) >= 11 is 5.80. The van der Waals surface area contributed by atoms with Crippen LogP contribution >= 0.6 is 12.2 Å². The van der Waals surface area contributed by atoms with Crippen LogP contribution in [0.15, 0.2) is 98.2 Å². The van der Waals surface area contributed by atoms with E-state index >= 15 is 0 Å². The fourth-order valence-electron chi connectivity index (χ4n) is 4.13. The summed E-state index contributed by atoms with van der Waals surface area (Å²) in [5, 5.41) is 17.4. The molecule has 2 aliphatic heterocycles. The van der Waals surface area contributed by atoms with E-state index in [2.05, 4.69) is 5.10 Å². The summed E-state index contributed by atoms with van der Waals surface area (Å²) in [6.45, 7) is 1.87. The summed E-state index contributed by atoms with van der Waals surface area (Å²) < 4.78 is 11.3. The monoisotopic (exact) mass is 482 g/mol. The Morgan fingerprint density at radius 1 is 1.00 bits per heavy atom. The van der Waals surface area contributed by atoms with Crippen LogP contribution in [0, 0.1) is 6.92 Å². The lowest BCUT2D eigenvalue weighted by atomic mass is 10.1. The van der Waals surface area contributed by atoms with Crippen LogP contribution in [0.4, 0.5) is 5.69 Å². The van der Waals surface area contributed by atoms with Crippen molar-refractivity contribution in [2.24, 2.45) is 10.1 Å². The molecule has 0 bridgehead atoms. The molecule has 1 aromatic heterocycles. The van der Waals surface area contributed by atoms with Gasteiger partial charge in [0.1, 0.15) is 11.3 Å². The molecule has 0 aliphatic carbocycles. The number of aliphatic imine (C=N–C) groups is 1. The van der Waals surface area contributed by atoms with Crippen LogP contribution in [0.5, 0.6) is 5.75 Å². The van der Waals surface area contributed by atoms with Crippen LogP contribution in [-0.2, 0) is 4.74 Å². The second-order valence-electron chi connectivity index (χ2n) is 8.12. The van der Waals surface area contributed by atoms with Crippen LogP contribution in [0.1, 0.15) is 22.9 Å². The Hall–Kier alpha value is -4.50. The molecule has 1 atom stereocenters. The van der Waals surface area contributed by atoms with Gasteiger partial charge in [-0.3, -0.25) is 4.90 Å². The Labute approximate surface area is 205 Å². The second-order valence-corrected chi connectivity index (χ2v) is 8.48. The van der Waals surface area contributed by atoms with E-state index in [1.807, 2.05) is 78.6 Å². The number of thiocarbonyl (C=S) groups is 1. The number of anilines is 1. The van der Waals surface area contributed by atoms with Crippen molar-refractivity contribution in [1.82, 2.24) is 5.01 Å². The highest BCUT2D eigenvalue weighted by molar-refractivity contribution is 7.80. The summed E-state index contributed by atoms with van der Waals surface area (Å²) in [4.78, 5) is 19.4. The van der Waals surface area contributed by atoms with Crippen molar-refractivity contribution in [3.63, 3.8) is 0 Å². The molecule has 1 unspecified atom stereocenters. The molecule has 0 radical (unpaired) electrons. The van der Waals surface area contributed by atoms with Crippen molar-refractivity contribution in [3.8, 4) is 5.75 Å². The molecule has 2 aliphatic rings. The van der Waals surface area contributed by atoms with Crippen LogP contribution in [0.3, 0.4) is 0 Å². The zero-order valence-corrected chi connectivity index (χ0v) is 19.3. The number of ether oxygens (including phenoxy) is 1. The zero-order chi connectivity index (χ0) is 24.1. The minimum Gasteiger partial charge on any atom is -0.506 e. The molecule has 0 fully saturated rings. The Morgan fingerprint density at radius 2 is 1.71 bits per heavy atom. The Bertz CT molecular complexity index is 1600. The largest absolute Gasteiger partial charge is 0.506 e. The van der Waals surface area contributed by atoms with Crippen molar-refractivity contribution < 1.29 is 14.3 Å². The second kappa shape index (κ2) is 8.07. The zero-order valence-electron chi connectivity index (χ0n) is 18.5. The molecular formula is C26H18N4O4S. The van der Waals surface area contributed by atoms with E-state index in [9.17, 15) is 9.90 Å². The number of rotatable bonds is 3. The highest BCUT2D eigenvalue weighted by atomic mass is 32.1. The summed E-state index contributed by atoms with van der Waals surface area (Å²) in [6, 6.07) is 24.5. The van der Waals surface area contributed by atoms with E-state index in [4.69, 9.17) is 26.4 Å². The van der Waals surface area contributed by atoms with Gasteiger partial charge in [0.2, 0.25) is 5.11 Å². The van der Waals surface area contributed by atoms with Crippen LogP contribution in [-0.4, -0.2) is 27.1 Å². The van der Waals surface area contributed by atoms with Gasteiger partial charge in [-0.15, -0.1) is 5.10 Å². The summed E-state index contributed by atoms with van der Waals surface area (Å²) in [6.07, 6.45) is -0.517. The first kappa shape index (κ1) is 21.1. The number of amidine groups is 1. The van der Waals surface area contributed by atoms with E-state index in [-0.39, 0.29) is 28.8 Å². The maximum absolute atomic E-state index is 12.8. The maximum Gasteiger partial charge on any atom is 0.353 e. The highest BCUT2D eigenvalue weighted by Gasteiger charge is 2.41. The number of aromatic hydroxyl groups is 1. The normalized spacial score (nSPS) is 17.2. The number of hydrogen-bond acceptors (Lipinski definition) is 7. The maximum atomic E-state index is 12.8. The summed E-state index contributed by atoms with van der Waals surface area (Å²) in [5.41, 5.74) is 1.92. The summed E-state index contributed by atoms with van der Waals surface area (Å²) in [5.74, 6) is -0.414. The van der Waals surface area contributed by atoms with Crippen LogP contribution in [0.2, 0.25) is 0 Å². The molecule has 3 aromatic carbocycles. The number of hydrogen-bond donors (Lipinski definition) is 1. The molecule has 35 heavy (non-hydrogen) atoms. The van der Waals surface area contributed by atoms with Crippen molar-refractivity contribution in [2.45, 2.75) is 13.1 Å². The number of para-hydroxylation sites is 1. The van der Waals surface area contributed by atoms with E-state index in [1.54, 1.807) is 12.1 Å². The summed E-state index contributed by atoms with van der Waals surface area (Å²) in [7, 11) is 0. The number of benzene rings is 3. The smallest absolute Gasteiger partial charge is 0.353 e. The number of hydrazone groups is 1. The molecule has 0 saturated carbocycles. The number of fused-ring (bicyclic) bond motifs is 2. The first-order valence-corrected chi connectivity index (χ1v) is 11.3. The fraction of sp³-hybridized carbons (Fsp3) is 0.0769. The molecule has 9 heteroatoms. The lowest BCUT2D eigenvalue weighted by Gasteiger charge is -2.36. The van der Waals surface area contributed by atoms with Gasteiger partial charge in [-0.1, -0.05) is 54.6 Å². The Kier molecular flexibility index (Phi) is 4.85. The van der Waals surface area contributed by atoms with E-state index < -0.39 is 11.8 Å². The average Bonchev–Trinajstić information content (AvgIpc) is 3.29. The predicted molar refractivity (Wildman–Crippen MR) is 136 cm³/mol. The lowest BCUT2D eigenvalue weighted by molar-refractivity contribution is 0.453. The third-order valence-electron chi connectivity index (χ3n) is 5.81. The SMILES string of the molecule is Cc1ccc2c(O)c(C3=NN4C(=S)N(c5ccccc5)C(c5ccccc5)N=C4O3)c(=O)oc2c1. The molecule has 4 aromatic rings. The van der Waals surface area contributed by atoms with Gasteiger partial charge >= 0.3 is 11.6 Å². The van der Waals surface area contributed by atoms with Gasteiger partial charge in [0.05, 0.1) is 5.39 Å². The minimum absolute atomic E-state index is 0.105. The van der Waals surface area contributed by atoms with Gasteiger partial charge < -0.3 is 14.3 Å². The predicted octanol–water partition coefficient (Wildman–Crippen LogP) is 4.66. The van der Waals surface area contributed by atoms with Gasteiger partial charge in [-0.2, -0.15) is 5.01 Å². The van der Waals surface area contributed by atoms with Gasteiger partial charge in [0, 0.05) is 5.69 Å². The van der Waals surface area contributed by atoms with Gasteiger partial charge in [-0.25, -0.2) is 9.79 Å². The molecule has 1 N–H and O–H groups in total. The van der Waals surface area contributed by atoms with Crippen molar-refractivity contribution >= 4 is 45.9 Å². The highest BCUT2D eigenvalue weighted by Crippen LogP contribution is 2.36. The van der Waals surface area contributed by atoms with Crippen molar-refractivity contribution in [1.29, 1.82) is 0 Å². The molecule has 3 heterocycles. The van der Waals surface area contributed by atoms with Gasteiger partial charge in [0.15, 0.2) is 11.7 Å². The molecule has 8 nitrogen and oxygen atoms in total. The Morgan fingerprint density at radius 3 is 2.46 bits per heavy atom. The first-order chi connectivity index (χ1) is 17.0. The fourth-order valence-corrected chi connectivity index (χ4v) is 4.45. The molecule has 6 rings (SSSR count). The van der Waals surface area contributed by atoms with Crippen LogP contribution in [0.25, 0.3) is 11.0 Å². The third kappa shape index (κ3) is 3.44. The molecular weight excluding hydrogens is 464 g/mol. The number of aryl methyl sites for hydroxylation is 1. The standard InChI is InChI=1S/C26H18N4O4S/c1-15-12-13-18-19(14-15)33-24(32)20(21(18)31)23-28-30-25(34-23)27-22(16-8-4-2-5-9-16)29(26(30)35)17-10-6-3-7-11-17/h2-14,22,31H,1H3. The molecule has 0 saturated heterocycles. The third-order valence-corrected chi connectivity index (χ3v) is 6.18. The quantitative estimate of drug-likeness (QED) is 0.335. The topological polar surface area (TPSA) is 90.9 Å². The van der Waals surface area contributed by atoms with E-state index in [0.717, 1.165) is 16.8 Å². The number of nitrogens with zero attached hydrogens (tertiary/aromatic N) is 4. The molecule has 0 spiro atoms. The Balaban J connectivity index is 1.48. The van der Waals surface area contributed by atoms with E-state index in [1.165, 1.54) is 5.01 Å². The van der Waals surface area contributed by atoms with Gasteiger partial charge in [-0.05, 0) is 54.5 Å². The average molecular weight is 483 g/mol. The molecule has 0 amide bonds. The van der Waals surface area contributed by atoms with Gasteiger partial charge in [0.25, 0.3) is 5.90 Å².